The minimum atomic E-state index is 0.366. The topological polar surface area (TPSA) is 45.7 Å². The zero-order valence-corrected chi connectivity index (χ0v) is 11.7. The molecule has 2 N–H and O–H groups in total. The molecule has 100 valence electrons. The standard InChI is InChI=1S/C14H23N3O/c1-11(2)17-14(15-3)16-9-12-7-5-6-8-13(12)10-18-4/h5-8,11H,9-10H2,1-4H3,(H2,15,16,17). The summed E-state index contributed by atoms with van der Waals surface area (Å²) in [5, 5.41) is 6.56. The number of nitrogens with zero attached hydrogens (tertiary/aromatic N) is 1. The first-order chi connectivity index (χ1) is 8.67. The van der Waals surface area contributed by atoms with Crippen LogP contribution in [0, 0.1) is 0 Å². The van der Waals surface area contributed by atoms with Gasteiger partial charge < -0.3 is 15.4 Å². The number of hydrogen-bond donors (Lipinski definition) is 2. The van der Waals surface area contributed by atoms with Crippen LogP contribution in [0.3, 0.4) is 0 Å². The second-order valence-corrected chi connectivity index (χ2v) is 4.43. The zero-order chi connectivity index (χ0) is 13.4. The van der Waals surface area contributed by atoms with Gasteiger partial charge in [-0.1, -0.05) is 24.3 Å². The molecule has 0 bridgehead atoms. The first-order valence-corrected chi connectivity index (χ1v) is 6.20. The van der Waals surface area contributed by atoms with E-state index in [0.717, 1.165) is 12.5 Å². The van der Waals surface area contributed by atoms with Gasteiger partial charge in [-0.25, -0.2) is 0 Å². The van der Waals surface area contributed by atoms with E-state index in [1.165, 1.54) is 11.1 Å². The van der Waals surface area contributed by atoms with Crippen LogP contribution in [0.4, 0.5) is 0 Å². The van der Waals surface area contributed by atoms with Crippen molar-refractivity contribution in [3.05, 3.63) is 35.4 Å². The lowest BCUT2D eigenvalue weighted by molar-refractivity contribution is 0.184. The molecule has 0 saturated carbocycles. The molecule has 0 amide bonds. The van der Waals surface area contributed by atoms with Gasteiger partial charge in [0.1, 0.15) is 0 Å². The lowest BCUT2D eigenvalue weighted by Gasteiger charge is -2.15. The predicted octanol–water partition coefficient (Wildman–Crippen LogP) is 1.91. The molecule has 18 heavy (non-hydrogen) atoms. The summed E-state index contributed by atoms with van der Waals surface area (Å²) in [7, 11) is 3.49. The quantitative estimate of drug-likeness (QED) is 0.619. The molecule has 0 spiro atoms. The summed E-state index contributed by atoms with van der Waals surface area (Å²) in [5.74, 6) is 0.817. The first-order valence-electron chi connectivity index (χ1n) is 6.20. The van der Waals surface area contributed by atoms with Gasteiger partial charge in [0, 0.05) is 26.7 Å². The number of ether oxygens (including phenoxy) is 1. The normalized spacial score (nSPS) is 11.7. The molecule has 0 radical (unpaired) electrons. The van der Waals surface area contributed by atoms with Crippen molar-refractivity contribution in [1.29, 1.82) is 0 Å². The molecule has 0 aromatic heterocycles. The van der Waals surface area contributed by atoms with Gasteiger partial charge in [-0.05, 0) is 25.0 Å². The molecule has 4 nitrogen and oxygen atoms in total. The molecule has 0 aliphatic heterocycles. The van der Waals surface area contributed by atoms with Crippen LogP contribution in [0.15, 0.2) is 29.3 Å². The summed E-state index contributed by atoms with van der Waals surface area (Å²) in [6.07, 6.45) is 0. The van der Waals surface area contributed by atoms with E-state index in [-0.39, 0.29) is 0 Å². The summed E-state index contributed by atoms with van der Waals surface area (Å²) in [5.41, 5.74) is 2.43. The van der Waals surface area contributed by atoms with Gasteiger partial charge in [0.25, 0.3) is 0 Å². The van der Waals surface area contributed by atoms with E-state index < -0.39 is 0 Å². The fraction of sp³-hybridized carbons (Fsp3) is 0.500. The SMILES string of the molecule is CN=C(NCc1ccccc1COC)NC(C)C. The van der Waals surface area contributed by atoms with Crippen molar-refractivity contribution in [2.75, 3.05) is 14.2 Å². The minimum absolute atomic E-state index is 0.366. The van der Waals surface area contributed by atoms with Crippen molar-refractivity contribution < 1.29 is 4.74 Å². The van der Waals surface area contributed by atoms with Crippen molar-refractivity contribution in [3.8, 4) is 0 Å². The lowest BCUT2D eigenvalue weighted by atomic mass is 10.1. The van der Waals surface area contributed by atoms with Crippen molar-refractivity contribution in [3.63, 3.8) is 0 Å². The molecule has 0 atom stereocenters. The fourth-order valence-electron chi connectivity index (χ4n) is 1.67. The number of nitrogens with one attached hydrogen (secondary N) is 2. The second-order valence-electron chi connectivity index (χ2n) is 4.43. The minimum Gasteiger partial charge on any atom is -0.380 e. The van der Waals surface area contributed by atoms with Crippen LogP contribution in [0.1, 0.15) is 25.0 Å². The number of rotatable bonds is 5. The van der Waals surface area contributed by atoms with Crippen molar-refractivity contribution in [2.45, 2.75) is 33.0 Å². The second kappa shape index (κ2) is 7.71. The van der Waals surface area contributed by atoms with E-state index in [1.54, 1.807) is 14.2 Å². The molecule has 1 aromatic rings. The maximum atomic E-state index is 5.19. The van der Waals surface area contributed by atoms with Gasteiger partial charge in [0.2, 0.25) is 0 Å². The molecular weight excluding hydrogens is 226 g/mol. The van der Waals surface area contributed by atoms with Crippen LogP contribution < -0.4 is 10.6 Å². The van der Waals surface area contributed by atoms with Crippen LogP contribution in [0.2, 0.25) is 0 Å². The van der Waals surface area contributed by atoms with Gasteiger partial charge in [-0.15, -0.1) is 0 Å². The number of aliphatic imine (C=N–C) groups is 1. The third-order valence-corrected chi connectivity index (χ3v) is 2.51. The van der Waals surface area contributed by atoms with Gasteiger partial charge in [0.05, 0.1) is 6.61 Å². The molecule has 1 rings (SSSR count). The highest BCUT2D eigenvalue weighted by Gasteiger charge is 2.03. The monoisotopic (exact) mass is 249 g/mol. The number of methoxy groups -OCH3 is 1. The number of benzene rings is 1. The van der Waals surface area contributed by atoms with Gasteiger partial charge >= 0.3 is 0 Å². The van der Waals surface area contributed by atoms with Crippen LogP contribution in [0.5, 0.6) is 0 Å². The molecule has 0 fully saturated rings. The molecule has 0 aliphatic carbocycles. The predicted molar refractivity (Wildman–Crippen MR) is 75.6 cm³/mol. The Balaban J connectivity index is 2.62. The Labute approximate surface area is 109 Å². The average Bonchev–Trinajstić information content (AvgIpc) is 2.36. The molecular formula is C14H23N3O. The third-order valence-electron chi connectivity index (χ3n) is 2.51. The van der Waals surface area contributed by atoms with Crippen LogP contribution in [-0.2, 0) is 17.9 Å². The van der Waals surface area contributed by atoms with E-state index in [1.807, 2.05) is 12.1 Å². The zero-order valence-electron chi connectivity index (χ0n) is 11.7. The van der Waals surface area contributed by atoms with Gasteiger partial charge in [-0.3, -0.25) is 4.99 Å². The van der Waals surface area contributed by atoms with Crippen molar-refractivity contribution in [1.82, 2.24) is 10.6 Å². The summed E-state index contributed by atoms with van der Waals surface area (Å²) in [6, 6.07) is 8.61. The van der Waals surface area contributed by atoms with E-state index in [4.69, 9.17) is 4.74 Å². The van der Waals surface area contributed by atoms with Crippen LogP contribution >= 0.6 is 0 Å². The molecule has 0 heterocycles. The summed E-state index contributed by atoms with van der Waals surface area (Å²) in [4.78, 5) is 4.18. The van der Waals surface area contributed by atoms with Crippen molar-refractivity contribution >= 4 is 5.96 Å². The van der Waals surface area contributed by atoms with Crippen molar-refractivity contribution in [2.24, 2.45) is 4.99 Å². The summed E-state index contributed by atoms with van der Waals surface area (Å²) in [6.45, 7) is 5.55. The fourth-order valence-corrected chi connectivity index (χ4v) is 1.67. The smallest absolute Gasteiger partial charge is 0.191 e. The maximum Gasteiger partial charge on any atom is 0.191 e. The largest absolute Gasteiger partial charge is 0.380 e. The van der Waals surface area contributed by atoms with E-state index >= 15 is 0 Å². The molecule has 4 heteroatoms. The summed E-state index contributed by atoms with van der Waals surface area (Å²) >= 11 is 0. The molecule has 0 saturated heterocycles. The maximum absolute atomic E-state index is 5.19. The van der Waals surface area contributed by atoms with Crippen LogP contribution in [0.25, 0.3) is 0 Å². The Morgan fingerprint density at radius 3 is 2.50 bits per heavy atom. The molecule has 1 aromatic carbocycles. The molecule has 0 aliphatic rings. The Kier molecular flexibility index (Phi) is 6.22. The summed E-state index contributed by atoms with van der Waals surface area (Å²) < 4.78 is 5.19. The van der Waals surface area contributed by atoms with E-state index in [9.17, 15) is 0 Å². The van der Waals surface area contributed by atoms with Crippen LogP contribution in [-0.4, -0.2) is 26.2 Å². The van der Waals surface area contributed by atoms with E-state index in [0.29, 0.717) is 12.6 Å². The Hall–Kier alpha value is -1.55. The first kappa shape index (κ1) is 14.5. The Morgan fingerprint density at radius 1 is 1.28 bits per heavy atom. The number of hydrogen-bond acceptors (Lipinski definition) is 2. The van der Waals surface area contributed by atoms with E-state index in [2.05, 4.69) is 41.6 Å². The highest BCUT2D eigenvalue weighted by Crippen LogP contribution is 2.09. The lowest BCUT2D eigenvalue weighted by Crippen LogP contribution is -2.40. The third kappa shape index (κ3) is 4.75. The highest BCUT2D eigenvalue weighted by atomic mass is 16.5. The molecule has 0 unspecified atom stereocenters. The van der Waals surface area contributed by atoms with Gasteiger partial charge in [-0.2, -0.15) is 0 Å². The number of guanidine groups is 1. The van der Waals surface area contributed by atoms with Gasteiger partial charge in [0.15, 0.2) is 5.96 Å². The highest BCUT2D eigenvalue weighted by molar-refractivity contribution is 5.79. The average molecular weight is 249 g/mol. The Morgan fingerprint density at radius 2 is 1.94 bits per heavy atom. The Bertz CT molecular complexity index is 388.